The third kappa shape index (κ3) is 24.5. The van der Waals surface area contributed by atoms with Crippen molar-refractivity contribution in [2.45, 2.75) is 223 Å². The summed E-state index contributed by atoms with van der Waals surface area (Å²) in [5.74, 6) is 0.396. The van der Waals surface area contributed by atoms with Crippen LogP contribution in [0.15, 0.2) is 4.36 Å². The summed E-state index contributed by atoms with van der Waals surface area (Å²) in [5, 5.41) is 51.4. The second-order valence-electron chi connectivity index (χ2n) is 15.0. The Labute approximate surface area is 309 Å². The zero-order valence-corrected chi connectivity index (χ0v) is 33.0. The molecule has 1 heterocycles. The summed E-state index contributed by atoms with van der Waals surface area (Å²) in [6.45, 7) is 1.47. The van der Waals surface area contributed by atoms with Crippen molar-refractivity contribution in [2.24, 2.45) is 4.36 Å². The second-order valence-corrected chi connectivity index (χ2v) is 17.6. The smallest absolute Gasteiger partial charge is 0.238 e. The van der Waals surface area contributed by atoms with E-state index >= 15 is 0 Å². The van der Waals surface area contributed by atoms with E-state index in [-0.39, 0.29) is 13.0 Å². The van der Waals surface area contributed by atoms with Gasteiger partial charge < -0.3 is 35.0 Å². The third-order valence-corrected chi connectivity index (χ3v) is 11.9. The van der Waals surface area contributed by atoms with E-state index in [0.29, 0.717) is 18.6 Å². The Bertz CT molecular complexity index is 924. The monoisotopic (exact) mass is 758 g/mol. The van der Waals surface area contributed by atoms with Gasteiger partial charge in [0.25, 0.3) is 0 Å². The van der Waals surface area contributed by atoms with Gasteiger partial charge in [0.05, 0.1) is 19.3 Å². The molecule has 0 aromatic rings. The maximum Gasteiger partial charge on any atom is 0.238 e. The Kier molecular flexibility index (Phi) is 29.3. The second kappa shape index (κ2) is 30.8. The average Bonchev–Trinajstić information content (AvgIpc) is 3.10. The van der Waals surface area contributed by atoms with E-state index in [4.69, 9.17) is 9.47 Å². The molecule has 0 radical (unpaired) electrons. The van der Waals surface area contributed by atoms with Crippen LogP contribution in [0.3, 0.4) is 0 Å². The Hall–Kier alpha value is -0.470. The molecule has 12 heteroatoms. The van der Waals surface area contributed by atoms with E-state index < -0.39 is 65.6 Å². The van der Waals surface area contributed by atoms with Crippen molar-refractivity contribution in [1.29, 1.82) is 0 Å². The lowest BCUT2D eigenvalue weighted by Crippen LogP contribution is -2.59. The van der Waals surface area contributed by atoms with Crippen LogP contribution >= 0.6 is 0 Å². The van der Waals surface area contributed by atoms with Crippen molar-refractivity contribution >= 4 is 9.73 Å². The number of aliphatic hydroxyl groups is 5. The number of nitrogens with zero attached hydrogens (tertiary/aromatic N) is 1. The van der Waals surface area contributed by atoms with Crippen LogP contribution < -0.4 is 0 Å². The minimum atomic E-state index is -2.65. The number of halogens is 2. The van der Waals surface area contributed by atoms with Crippen molar-refractivity contribution in [2.75, 3.05) is 25.2 Å². The average molecular weight is 758 g/mol. The molecule has 0 aromatic heterocycles. The molecule has 5 N–H and O–H groups in total. The zero-order chi connectivity index (χ0) is 37.7. The molecule has 51 heavy (non-hydrogen) atoms. The number of alkyl halides is 2. The molecule has 0 bridgehead atoms. The largest absolute Gasteiger partial charge is 0.394 e. The van der Waals surface area contributed by atoms with Gasteiger partial charge in [-0.2, -0.15) is 0 Å². The van der Waals surface area contributed by atoms with Crippen LogP contribution in [-0.2, 0) is 19.2 Å². The lowest BCUT2D eigenvalue weighted by molar-refractivity contribution is -0.302. The standard InChI is InChI=1S/C39H77F2NO8S/c1-3-4-5-6-7-8-9-10-12-15-18-21-24-27-33(44)32(31-49-39-38(47)37(46)36(45)34(30-43)50-39)42-51(2,48)29-26-23-20-17-14-11-13-16-19-22-25-28-35(40)41/h32-39,43-47H,3-31H2,1-2H3/t32-,33+,34?,36?,37?,38?,39?,51?/m0/s1. The highest BCUT2D eigenvalue weighted by atomic mass is 32.2. The highest BCUT2D eigenvalue weighted by Gasteiger charge is 2.44. The molecule has 0 aromatic carbocycles. The van der Waals surface area contributed by atoms with E-state index in [1.807, 2.05) is 0 Å². The van der Waals surface area contributed by atoms with Gasteiger partial charge in [0, 0.05) is 28.2 Å². The van der Waals surface area contributed by atoms with Crippen LogP contribution in [0.25, 0.3) is 0 Å². The number of hydrogen-bond donors (Lipinski definition) is 5. The fraction of sp³-hybridized carbons (Fsp3) is 1.00. The van der Waals surface area contributed by atoms with E-state index in [1.165, 1.54) is 64.2 Å². The minimum absolute atomic E-state index is 0.00801. The van der Waals surface area contributed by atoms with Gasteiger partial charge in [-0.25, -0.2) is 13.1 Å². The van der Waals surface area contributed by atoms with Crippen LogP contribution in [0.2, 0.25) is 0 Å². The molecule has 306 valence electrons. The number of unbranched alkanes of at least 4 members (excludes halogenated alkanes) is 22. The van der Waals surface area contributed by atoms with E-state index in [0.717, 1.165) is 83.5 Å². The molecule has 9 nitrogen and oxygen atoms in total. The normalized spacial score (nSPS) is 23.4. The van der Waals surface area contributed by atoms with Crippen molar-refractivity contribution in [3.8, 4) is 0 Å². The summed E-state index contributed by atoms with van der Waals surface area (Å²) in [6.07, 6.45) is 18.5. The highest BCUT2D eigenvalue weighted by molar-refractivity contribution is 7.92. The number of aliphatic hydroxyl groups excluding tert-OH is 5. The van der Waals surface area contributed by atoms with Gasteiger partial charge in [-0.3, -0.25) is 4.21 Å². The number of ether oxygens (including phenoxy) is 2. The van der Waals surface area contributed by atoms with Crippen molar-refractivity contribution in [1.82, 2.24) is 0 Å². The van der Waals surface area contributed by atoms with Crippen LogP contribution in [0.4, 0.5) is 8.78 Å². The van der Waals surface area contributed by atoms with Gasteiger partial charge >= 0.3 is 0 Å². The van der Waals surface area contributed by atoms with Gasteiger partial charge in [0.1, 0.15) is 30.5 Å². The summed E-state index contributed by atoms with van der Waals surface area (Å²) in [7, 11) is -2.65. The molecule has 1 fully saturated rings. The maximum absolute atomic E-state index is 13.6. The van der Waals surface area contributed by atoms with Crippen molar-refractivity contribution in [3.63, 3.8) is 0 Å². The van der Waals surface area contributed by atoms with E-state index in [9.17, 15) is 38.5 Å². The summed E-state index contributed by atoms with van der Waals surface area (Å²) in [5.41, 5.74) is 0. The molecular formula is C39H77F2NO8S. The molecule has 1 saturated heterocycles. The van der Waals surface area contributed by atoms with Gasteiger partial charge in [0.2, 0.25) is 6.43 Å². The first-order valence-electron chi connectivity index (χ1n) is 20.6. The summed E-state index contributed by atoms with van der Waals surface area (Å²) >= 11 is 0. The first-order chi connectivity index (χ1) is 24.5. The summed E-state index contributed by atoms with van der Waals surface area (Å²) in [6, 6.07) is -0.831. The van der Waals surface area contributed by atoms with Crippen molar-refractivity contribution < 1.29 is 48.0 Å². The quantitative estimate of drug-likeness (QED) is 0.0414. The molecule has 0 saturated carbocycles. The predicted octanol–water partition coefficient (Wildman–Crippen LogP) is 8.06. The first-order valence-corrected chi connectivity index (χ1v) is 22.7. The summed E-state index contributed by atoms with van der Waals surface area (Å²) in [4.78, 5) is 0. The van der Waals surface area contributed by atoms with Gasteiger partial charge in [-0.1, -0.05) is 148 Å². The number of hydrogen-bond acceptors (Lipinski definition) is 9. The highest BCUT2D eigenvalue weighted by Crippen LogP contribution is 2.24. The van der Waals surface area contributed by atoms with Crippen LogP contribution in [-0.4, -0.2) is 104 Å². The molecule has 1 rings (SSSR count). The van der Waals surface area contributed by atoms with Crippen LogP contribution in [0, 0.1) is 0 Å². The molecule has 0 aliphatic carbocycles. The van der Waals surface area contributed by atoms with Gasteiger partial charge in [-0.05, 0) is 19.3 Å². The SMILES string of the molecule is CCCCCCCCCCCCCCC[C@@H](O)[C@H](COC1OC(CO)C(O)C(O)C1O)N=S(C)(=O)CCCCCCCCCCCCCC(F)F. The van der Waals surface area contributed by atoms with Gasteiger partial charge in [-0.15, -0.1) is 0 Å². The molecule has 1 aliphatic rings. The predicted molar refractivity (Wildman–Crippen MR) is 203 cm³/mol. The fourth-order valence-electron chi connectivity index (χ4n) is 6.77. The van der Waals surface area contributed by atoms with E-state index in [1.54, 1.807) is 6.26 Å². The summed E-state index contributed by atoms with van der Waals surface area (Å²) < 4.78 is 53.8. The Morgan fingerprint density at radius 2 is 1.10 bits per heavy atom. The minimum Gasteiger partial charge on any atom is -0.394 e. The molecule has 6 unspecified atom stereocenters. The Balaban J connectivity index is 2.51. The van der Waals surface area contributed by atoms with Gasteiger partial charge in [0.15, 0.2) is 6.29 Å². The third-order valence-electron chi connectivity index (χ3n) is 10.1. The maximum atomic E-state index is 13.6. The molecule has 8 atom stereocenters. The van der Waals surface area contributed by atoms with Crippen molar-refractivity contribution in [3.05, 3.63) is 0 Å². The topological polar surface area (TPSA) is 149 Å². The van der Waals surface area contributed by atoms with Crippen LogP contribution in [0.5, 0.6) is 0 Å². The van der Waals surface area contributed by atoms with E-state index in [2.05, 4.69) is 11.3 Å². The number of rotatable bonds is 34. The fourth-order valence-corrected chi connectivity index (χ4v) is 8.39. The first kappa shape index (κ1) is 48.5. The van der Waals surface area contributed by atoms with Crippen LogP contribution in [0.1, 0.15) is 174 Å². The molecule has 0 amide bonds. The lowest BCUT2D eigenvalue weighted by Gasteiger charge is -2.40. The lowest BCUT2D eigenvalue weighted by atomic mass is 9.99. The Morgan fingerprint density at radius 3 is 1.55 bits per heavy atom. The zero-order valence-electron chi connectivity index (χ0n) is 32.2. The molecule has 0 spiro atoms. The molecular weight excluding hydrogens is 680 g/mol. The molecule has 1 aliphatic heterocycles. The Morgan fingerprint density at radius 1 is 0.667 bits per heavy atom.